The Bertz CT molecular complexity index is 430. The molecule has 0 aliphatic rings. The minimum atomic E-state index is -0.238. The second kappa shape index (κ2) is 24.5. The lowest BCUT2D eigenvalue weighted by atomic mass is 9.87. The summed E-state index contributed by atoms with van der Waals surface area (Å²) < 4.78 is 6.60. The highest BCUT2D eigenvalue weighted by atomic mass is 32.2. The number of rotatable bonds is 19. The molecule has 0 aliphatic carbocycles. The Morgan fingerprint density at radius 2 is 1.38 bits per heavy atom. The van der Waals surface area contributed by atoms with Crippen molar-refractivity contribution in [1.29, 1.82) is 0 Å². The Hall–Kier alpha value is -0.220. The first-order valence-electron chi connectivity index (χ1n) is 14.7. The van der Waals surface area contributed by atoms with Crippen LogP contribution in [0.4, 0.5) is 0 Å². The summed E-state index contributed by atoms with van der Waals surface area (Å²) in [5.74, 6) is 4.11. The fourth-order valence-corrected chi connectivity index (χ4v) is 4.78. The van der Waals surface area contributed by atoms with Gasteiger partial charge in [-0.1, -0.05) is 89.5 Å². The van der Waals surface area contributed by atoms with Gasteiger partial charge in [-0.15, -0.1) is 0 Å². The molecule has 1 amide bonds. The van der Waals surface area contributed by atoms with E-state index >= 15 is 0 Å². The van der Waals surface area contributed by atoms with Crippen molar-refractivity contribution >= 4 is 17.7 Å². The van der Waals surface area contributed by atoms with Gasteiger partial charge in [-0.05, 0) is 74.7 Å². The van der Waals surface area contributed by atoms with Crippen LogP contribution >= 0.6 is 11.8 Å². The molecular formula is C30H65NO2S. The molecule has 0 heterocycles. The molecular weight excluding hydrogens is 438 g/mol. The molecule has 34 heavy (non-hydrogen) atoms. The third kappa shape index (κ3) is 19.0. The van der Waals surface area contributed by atoms with Crippen molar-refractivity contribution in [3.8, 4) is 0 Å². The molecule has 0 aliphatic heterocycles. The Labute approximate surface area is 220 Å². The van der Waals surface area contributed by atoms with E-state index in [1.54, 1.807) is 0 Å². The molecule has 0 fully saturated rings. The van der Waals surface area contributed by atoms with Gasteiger partial charge >= 0.3 is 0 Å². The number of ether oxygens (including phenoxy) is 1. The van der Waals surface area contributed by atoms with E-state index in [1.165, 1.54) is 24.3 Å². The predicted molar refractivity (Wildman–Crippen MR) is 158 cm³/mol. The molecule has 0 aromatic carbocycles. The average Bonchev–Trinajstić information content (AvgIpc) is 2.85. The summed E-state index contributed by atoms with van der Waals surface area (Å²) in [6, 6.07) is 0. The third-order valence-corrected chi connectivity index (χ3v) is 8.00. The highest BCUT2D eigenvalue weighted by Gasteiger charge is 2.34. The SMILES string of the molecule is CC.CC.CCC(CC)(COC(CC)(CC)CCC(C)C)NC(=O)CCCCCSCC(C)C. The van der Waals surface area contributed by atoms with Crippen LogP contribution in [0.25, 0.3) is 0 Å². The van der Waals surface area contributed by atoms with Gasteiger partial charge in [0, 0.05) is 6.42 Å². The highest BCUT2D eigenvalue weighted by molar-refractivity contribution is 7.99. The first kappa shape index (κ1) is 38.3. The molecule has 0 atom stereocenters. The van der Waals surface area contributed by atoms with Crippen LogP contribution in [0.3, 0.4) is 0 Å². The second-order valence-electron chi connectivity index (χ2n) is 9.93. The molecule has 0 rings (SSSR count). The van der Waals surface area contributed by atoms with Crippen LogP contribution in [0.2, 0.25) is 0 Å². The Morgan fingerprint density at radius 3 is 1.82 bits per heavy atom. The molecule has 0 unspecified atom stereocenters. The fourth-order valence-electron chi connectivity index (χ4n) is 3.73. The standard InChI is InChI=1S/C26H53NO2S.2C2H6/c1-9-25(10-2,21-29-26(11-3,12-4)18-17-22(5)6)27-24(28)16-14-13-15-19-30-20-23(7)8;2*1-2/h22-23H,9-21H2,1-8H3,(H,27,28);2*1-2H3. The summed E-state index contributed by atoms with van der Waals surface area (Å²) >= 11 is 2.04. The van der Waals surface area contributed by atoms with E-state index in [-0.39, 0.29) is 17.0 Å². The normalized spacial score (nSPS) is 11.6. The van der Waals surface area contributed by atoms with Crippen molar-refractivity contribution in [2.24, 2.45) is 11.8 Å². The van der Waals surface area contributed by atoms with Crippen LogP contribution in [0.15, 0.2) is 0 Å². The van der Waals surface area contributed by atoms with Gasteiger partial charge in [0.15, 0.2) is 0 Å². The van der Waals surface area contributed by atoms with E-state index in [2.05, 4.69) is 60.7 Å². The van der Waals surface area contributed by atoms with Crippen molar-refractivity contribution < 1.29 is 9.53 Å². The maximum absolute atomic E-state index is 12.7. The van der Waals surface area contributed by atoms with Gasteiger partial charge in [0.2, 0.25) is 5.91 Å². The van der Waals surface area contributed by atoms with Gasteiger partial charge in [-0.2, -0.15) is 11.8 Å². The molecule has 3 nitrogen and oxygen atoms in total. The smallest absolute Gasteiger partial charge is 0.220 e. The molecule has 0 saturated heterocycles. The number of carbonyl (C=O) groups excluding carboxylic acids is 1. The number of amides is 1. The lowest BCUT2D eigenvalue weighted by Gasteiger charge is -2.39. The summed E-state index contributed by atoms with van der Waals surface area (Å²) in [5, 5.41) is 3.36. The maximum Gasteiger partial charge on any atom is 0.220 e. The average molecular weight is 504 g/mol. The number of hydrogen-bond donors (Lipinski definition) is 1. The van der Waals surface area contributed by atoms with Gasteiger partial charge in [0.25, 0.3) is 0 Å². The molecule has 0 spiro atoms. The first-order chi connectivity index (χ1) is 16.2. The van der Waals surface area contributed by atoms with E-state index < -0.39 is 0 Å². The lowest BCUT2D eigenvalue weighted by molar-refractivity contribution is -0.127. The van der Waals surface area contributed by atoms with Crippen molar-refractivity contribution in [1.82, 2.24) is 5.32 Å². The topological polar surface area (TPSA) is 38.3 Å². The van der Waals surface area contributed by atoms with E-state index in [0.29, 0.717) is 18.9 Å². The Kier molecular flexibility index (Phi) is 27.6. The molecule has 0 aromatic rings. The van der Waals surface area contributed by atoms with Gasteiger partial charge in [0.1, 0.15) is 0 Å². The quantitative estimate of drug-likeness (QED) is 0.178. The molecule has 0 saturated carbocycles. The zero-order chi connectivity index (χ0) is 27.0. The summed E-state index contributed by atoms with van der Waals surface area (Å²) in [5.41, 5.74) is -0.296. The molecule has 0 radical (unpaired) electrons. The summed E-state index contributed by atoms with van der Waals surface area (Å²) in [6.45, 7) is 26.5. The monoisotopic (exact) mass is 503 g/mol. The van der Waals surface area contributed by atoms with Crippen LogP contribution in [0.5, 0.6) is 0 Å². The fraction of sp³-hybridized carbons (Fsp3) is 0.967. The Balaban J connectivity index is -0.00000227. The van der Waals surface area contributed by atoms with Crippen LogP contribution < -0.4 is 5.32 Å². The molecule has 0 bridgehead atoms. The zero-order valence-electron chi connectivity index (χ0n) is 25.6. The highest BCUT2D eigenvalue weighted by Crippen LogP contribution is 2.30. The maximum atomic E-state index is 12.7. The zero-order valence-corrected chi connectivity index (χ0v) is 26.4. The van der Waals surface area contributed by atoms with Crippen molar-refractivity contribution in [3.63, 3.8) is 0 Å². The summed E-state index contributed by atoms with van der Waals surface area (Å²) in [6.07, 6.45) is 10.2. The van der Waals surface area contributed by atoms with Crippen LogP contribution in [-0.2, 0) is 9.53 Å². The van der Waals surface area contributed by atoms with Gasteiger partial charge in [-0.3, -0.25) is 4.79 Å². The largest absolute Gasteiger partial charge is 0.373 e. The molecule has 4 heteroatoms. The van der Waals surface area contributed by atoms with Gasteiger partial charge < -0.3 is 10.1 Å². The van der Waals surface area contributed by atoms with Gasteiger partial charge in [-0.25, -0.2) is 0 Å². The van der Waals surface area contributed by atoms with E-state index in [1.807, 2.05) is 39.5 Å². The van der Waals surface area contributed by atoms with Crippen molar-refractivity contribution in [2.75, 3.05) is 18.1 Å². The number of unbranched alkanes of at least 4 members (excludes halogenated alkanes) is 2. The minimum Gasteiger partial charge on any atom is -0.373 e. The van der Waals surface area contributed by atoms with Crippen molar-refractivity contribution in [3.05, 3.63) is 0 Å². The predicted octanol–water partition coefficient (Wildman–Crippen LogP) is 9.68. The van der Waals surface area contributed by atoms with E-state index in [9.17, 15) is 4.79 Å². The Morgan fingerprint density at radius 1 is 0.824 bits per heavy atom. The lowest BCUT2D eigenvalue weighted by Crippen LogP contribution is -2.53. The number of hydrogen-bond acceptors (Lipinski definition) is 3. The summed E-state index contributed by atoms with van der Waals surface area (Å²) in [4.78, 5) is 12.7. The molecule has 1 N–H and O–H groups in total. The number of thioether (sulfide) groups is 1. The third-order valence-electron chi connectivity index (χ3n) is 6.52. The first-order valence-corrected chi connectivity index (χ1v) is 15.9. The number of nitrogens with one attached hydrogen (secondary N) is 1. The van der Waals surface area contributed by atoms with E-state index in [4.69, 9.17) is 4.74 Å². The van der Waals surface area contributed by atoms with Crippen LogP contribution in [0, 0.1) is 11.8 Å². The molecule has 208 valence electrons. The van der Waals surface area contributed by atoms with Gasteiger partial charge in [0.05, 0.1) is 17.7 Å². The summed E-state index contributed by atoms with van der Waals surface area (Å²) in [7, 11) is 0. The molecule has 0 aromatic heterocycles. The van der Waals surface area contributed by atoms with Crippen LogP contribution in [-0.4, -0.2) is 35.2 Å². The minimum absolute atomic E-state index is 0.0573. The second-order valence-corrected chi connectivity index (χ2v) is 11.1. The van der Waals surface area contributed by atoms with Crippen LogP contribution in [0.1, 0.15) is 147 Å². The van der Waals surface area contributed by atoms with E-state index in [0.717, 1.165) is 50.9 Å². The van der Waals surface area contributed by atoms with Crippen molar-refractivity contribution in [2.45, 2.75) is 158 Å². The number of carbonyl (C=O) groups is 1.